The van der Waals surface area contributed by atoms with Crippen LogP contribution in [0, 0.1) is 0 Å². The molecule has 0 aliphatic rings. The average molecular weight is 177 g/mol. The first-order chi connectivity index (χ1) is 4.85. The molecule has 0 bridgehead atoms. The molecule has 11 heavy (non-hydrogen) atoms. The van der Waals surface area contributed by atoms with E-state index in [1.165, 1.54) is 0 Å². The highest BCUT2D eigenvalue weighted by atomic mass is 35.5. The maximum atomic E-state index is 5.38. The van der Waals surface area contributed by atoms with Crippen molar-refractivity contribution in [2.24, 2.45) is 5.73 Å². The molecule has 0 atom stereocenters. The second-order valence-corrected chi connectivity index (χ2v) is 2.13. The molecule has 0 rings (SSSR count). The van der Waals surface area contributed by atoms with Crippen LogP contribution in [0.25, 0.3) is 0 Å². The molecular formula is C8H17ClN2. The molecule has 0 saturated carbocycles. The van der Waals surface area contributed by atoms with E-state index in [1.807, 2.05) is 12.2 Å². The van der Waals surface area contributed by atoms with E-state index in [2.05, 4.69) is 18.1 Å². The zero-order chi connectivity index (χ0) is 7.82. The summed E-state index contributed by atoms with van der Waals surface area (Å²) < 4.78 is 0. The number of hydrogen-bond acceptors (Lipinski definition) is 2. The topological polar surface area (TPSA) is 29.3 Å². The molecule has 0 aromatic heterocycles. The van der Waals surface area contributed by atoms with Crippen LogP contribution >= 0.6 is 12.4 Å². The van der Waals surface area contributed by atoms with Crippen LogP contribution in [0.5, 0.6) is 0 Å². The van der Waals surface area contributed by atoms with Crippen molar-refractivity contribution in [3.8, 4) is 0 Å². The standard InChI is InChI=1S/C8H16N2.ClH/c1-3-6-10(7-4-2)8-5-9;/h3-4H,1-2,5-9H2;1H. The predicted molar refractivity (Wildman–Crippen MR) is 53.1 cm³/mol. The lowest BCUT2D eigenvalue weighted by Gasteiger charge is -2.16. The van der Waals surface area contributed by atoms with Gasteiger partial charge in [0.15, 0.2) is 0 Å². The minimum atomic E-state index is 0. The summed E-state index contributed by atoms with van der Waals surface area (Å²) in [5.74, 6) is 0. The Labute approximate surface area is 75.2 Å². The lowest BCUT2D eigenvalue weighted by molar-refractivity contribution is 0.345. The summed E-state index contributed by atoms with van der Waals surface area (Å²) in [6, 6.07) is 0. The first-order valence-electron chi connectivity index (χ1n) is 3.49. The van der Waals surface area contributed by atoms with Crippen LogP contribution in [-0.4, -0.2) is 31.1 Å². The molecule has 0 unspecified atom stereocenters. The summed E-state index contributed by atoms with van der Waals surface area (Å²) in [7, 11) is 0. The summed E-state index contributed by atoms with van der Waals surface area (Å²) in [4.78, 5) is 2.18. The second kappa shape index (κ2) is 9.69. The Morgan fingerprint density at radius 3 is 1.91 bits per heavy atom. The Bertz CT molecular complexity index is 94.3. The van der Waals surface area contributed by atoms with E-state index >= 15 is 0 Å². The first-order valence-corrected chi connectivity index (χ1v) is 3.49. The summed E-state index contributed by atoms with van der Waals surface area (Å²) in [6.45, 7) is 10.7. The van der Waals surface area contributed by atoms with Crippen LogP contribution in [-0.2, 0) is 0 Å². The molecule has 0 aliphatic heterocycles. The van der Waals surface area contributed by atoms with E-state index in [1.54, 1.807) is 0 Å². The highest BCUT2D eigenvalue weighted by molar-refractivity contribution is 5.85. The van der Waals surface area contributed by atoms with Crippen molar-refractivity contribution in [2.75, 3.05) is 26.2 Å². The molecule has 2 nitrogen and oxygen atoms in total. The predicted octanol–water partition coefficient (Wildman–Crippen LogP) is 1.04. The first kappa shape index (κ1) is 13.3. The molecule has 0 aromatic rings. The van der Waals surface area contributed by atoms with Crippen LogP contribution in [0.3, 0.4) is 0 Å². The van der Waals surface area contributed by atoms with Gasteiger partial charge in [-0.1, -0.05) is 12.2 Å². The molecule has 0 radical (unpaired) electrons. The maximum Gasteiger partial charge on any atom is 0.0164 e. The molecule has 3 heteroatoms. The molecule has 0 aromatic carbocycles. The van der Waals surface area contributed by atoms with Gasteiger partial charge in [0.05, 0.1) is 0 Å². The molecular weight excluding hydrogens is 160 g/mol. The number of rotatable bonds is 6. The van der Waals surface area contributed by atoms with E-state index in [-0.39, 0.29) is 12.4 Å². The van der Waals surface area contributed by atoms with E-state index in [0.29, 0.717) is 6.54 Å². The van der Waals surface area contributed by atoms with Crippen molar-refractivity contribution in [3.05, 3.63) is 25.3 Å². The minimum Gasteiger partial charge on any atom is -0.329 e. The summed E-state index contributed by atoms with van der Waals surface area (Å²) in [5, 5.41) is 0. The smallest absolute Gasteiger partial charge is 0.0164 e. The quantitative estimate of drug-likeness (QED) is 0.613. The molecule has 0 spiro atoms. The summed E-state index contributed by atoms with van der Waals surface area (Å²) >= 11 is 0. The van der Waals surface area contributed by atoms with Gasteiger partial charge in [-0.15, -0.1) is 25.6 Å². The fourth-order valence-electron chi connectivity index (χ4n) is 0.805. The lowest BCUT2D eigenvalue weighted by atomic mass is 10.4. The van der Waals surface area contributed by atoms with Crippen LogP contribution in [0.1, 0.15) is 0 Å². The van der Waals surface area contributed by atoms with Gasteiger partial charge < -0.3 is 5.73 Å². The van der Waals surface area contributed by atoms with Crippen molar-refractivity contribution in [3.63, 3.8) is 0 Å². The van der Waals surface area contributed by atoms with Gasteiger partial charge in [0.1, 0.15) is 0 Å². The highest BCUT2D eigenvalue weighted by Crippen LogP contribution is 1.86. The molecule has 0 amide bonds. The van der Waals surface area contributed by atoms with Gasteiger partial charge >= 0.3 is 0 Å². The fraction of sp³-hybridized carbons (Fsp3) is 0.500. The van der Waals surface area contributed by atoms with E-state index in [9.17, 15) is 0 Å². The van der Waals surface area contributed by atoms with Crippen molar-refractivity contribution in [1.82, 2.24) is 4.90 Å². The zero-order valence-electron chi connectivity index (χ0n) is 6.83. The molecule has 0 saturated heterocycles. The van der Waals surface area contributed by atoms with Crippen LogP contribution in [0.15, 0.2) is 25.3 Å². The van der Waals surface area contributed by atoms with Crippen molar-refractivity contribution in [1.29, 1.82) is 0 Å². The molecule has 0 aliphatic carbocycles. The molecule has 2 N–H and O–H groups in total. The SMILES string of the molecule is C=CCN(CC=C)CCN.Cl. The maximum absolute atomic E-state index is 5.38. The highest BCUT2D eigenvalue weighted by Gasteiger charge is 1.95. The Hall–Kier alpha value is -0.310. The van der Waals surface area contributed by atoms with Gasteiger partial charge in [-0.05, 0) is 0 Å². The molecule has 0 fully saturated rings. The van der Waals surface area contributed by atoms with Gasteiger partial charge in [-0.3, -0.25) is 4.90 Å². The largest absolute Gasteiger partial charge is 0.329 e. The second-order valence-electron chi connectivity index (χ2n) is 2.13. The molecule has 0 heterocycles. The minimum absolute atomic E-state index is 0. The number of halogens is 1. The normalized spacial score (nSPS) is 8.91. The Kier molecular flexibility index (Phi) is 11.7. The van der Waals surface area contributed by atoms with E-state index in [0.717, 1.165) is 19.6 Å². The van der Waals surface area contributed by atoms with E-state index in [4.69, 9.17) is 5.73 Å². The number of nitrogens with zero attached hydrogens (tertiary/aromatic N) is 1. The van der Waals surface area contributed by atoms with Gasteiger partial charge in [0.25, 0.3) is 0 Å². The van der Waals surface area contributed by atoms with Crippen molar-refractivity contribution in [2.45, 2.75) is 0 Å². The average Bonchev–Trinajstić information content (AvgIpc) is 1.90. The van der Waals surface area contributed by atoms with Gasteiger partial charge in [0, 0.05) is 26.2 Å². The fourth-order valence-corrected chi connectivity index (χ4v) is 0.805. The van der Waals surface area contributed by atoms with E-state index < -0.39 is 0 Å². The van der Waals surface area contributed by atoms with Crippen molar-refractivity contribution >= 4 is 12.4 Å². The Morgan fingerprint density at radius 2 is 1.64 bits per heavy atom. The van der Waals surface area contributed by atoms with Gasteiger partial charge in [0.2, 0.25) is 0 Å². The third-order valence-corrected chi connectivity index (χ3v) is 1.22. The third-order valence-electron chi connectivity index (χ3n) is 1.22. The van der Waals surface area contributed by atoms with Crippen LogP contribution in [0.2, 0.25) is 0 Å². The summed E-state index contributed by atoms with van der Waals surface area (Å²) in [6.07, 6.45) is 3.75. The van der Waals surface area contributed by atoms with Crippen LogP contribution in [0.4, 0.5) is 0 Å². The monoisotopic (exact) mass is 176 g/mol. The van der Waals surface area contributed by atoms with Gasteiger partial charge in [-0.25, -0.2) is 0 Å². The Morgan fingerprint density at radius 1 is 1.18 bits per heavy atom. The zero-order valence-corrected chi connectivity index (χ0v) is 7.65. The molecule has 66 valence electrons. The Balaban J connectivity index is 0. The van der Waals surface area contributed by atoms with Crippen LogP contribution < -0.4 is 5.73 Å². The number of hydrogen-bond donors (Lipinski definition) is 1. The van der Waals surface area contributed by atoms with Gasteiger partial charge in [-0.2, -0.15) is 0 Å². The number of nitrogens with two attached hydrogens (primary N) is 1. The summed E-state index contributed by atoms with van der Waals surface area (Å²) in [5.41, 5.74) is 5.38. The lowest BCUT2D eigenvalue weighted by Crippen LogP contribution is -2.29. The van der Waals surface area contributed by atoms with Crippen molar-refractivity contribution < 1.29 is 0 Å². The third kappa shape index (κ3) is 7.59.